The van der Waals surface area contributed by atoms with Crippen molar-refractivity contribution >= 4 is 5.97 Å². The van der Waals surface area contributed by atoms with Crippen LogP contribution in [0, 0.1) is 6.92 Å². The molecule has 0 unspecified atom stereocenters. The monoisotopic (exact) mass is 292 g/mol. The summed E-state index contributed by atoms with van der Waals surface area (Å²) in [7, 11) is 0. The summed E-state index contributed by atoms with van der Waals surface area (Å²) in [5.74, 6) is 0.275. The second-order valence-corrected chi connectivity index (χ2v) is 5.25. The van der Waals surface area contributed by atoms with Crippen molar-refractivity contribution in [2.24, 2.45) is 0 Å². The van der Waals surface area contributed by atoms with Crippen molar-refractivity contribution in [3.63, 3.8) is 0 Å². The lowest BCUT2D eigenvalue weighted by molar-refractivity contribution is -0.174. The predicted molar refractivity (Wildman–Crippen MR) is 69.4 cm³/mol. The van der Waals surface area contributed by atoms with E-state index in [2.05, 4.69) is 15.2 Å². The van der Waals surface area contributed by atoms with Gasteiger partial charge in [0.05, 0.1) is 12.4 Å². The van der Waals surface area contributed by atoms with Crippen LogP contribution in [0.4, 0.5) is 0 Å². The number of carboxylic acids is 1. The smallest absolute Gasteiger partial charge is 0.350 e. The van der Waals surface area contributed by atoms with Crippen LogP contribution in [0.1, 0.15) is 43.3 Å². The van der Waals surface area contributed by atoms with Gasteiger partial charge in [-0.3, -0.25) is 0 Å². The summed E-state index contributed by atoms with van der Waals surface area (Å²) in [4.78, 5) is 22.6. The lowest BCUT2D eigenvalue weighted by atomic mass is 9.78. The Morgan fingerprint density at radius 3 is 2.81 bits per heavy atom. The molecule has 21 heavy (non-hydrogen) atoms. The minimum absolute atomic E-state index is 0.0832. The van der Waals surface area contributed by atoms with Crippen LogP contribution < -0.4 is 4.84 Å². The maximum Gasteiger partial charge on any atom is 0.350 e. The number of aliphatic carboxylic acids is 1. The summed E-state index contributed by atoms with van der Waals surface area (Å²) < 4.78 is 5.17. The molecule has 3 rings (SSSR count). The first kappa shape index (κ1) is 13.6. The molecular weight excluding hydrogens is 276 g/mol. The van der Waals surface area contributed by atoms with Crippen LogP contribution >= 0.6 is 0 Å². The van der Waals surface area contributed by atoms with Gasteiger partial charge in [0.2, 0.25) is 11.5 Å². The zero-order valence-electron chi connectivity index (χ0n) is 11.6. The summed E-state index contributed by atoms with van der Waals surface area (Å²) in [6, 6.07) is 1.68. The molecule has 8 nitrogen and oxygen atoms in total. The van der Waals surface area contributed by atoms with E-state index in [4.69, 9.17) is 9.36 Å². The molecule has 2 aromatic heterocycles. The SMILES string of the molecule is Cc1noc(C2CCC(On3cccn3)(C(=O)O)CC2)n1. The molecule has 2 aromatic rings. The van der Waals surface area contributed by atoms with Crippen LogP contribution in [-0.4, -0.2) is 36.8 Å². The van der Waals surface area contributed by atoms with E-state index in [9.17, 15) is 9.90 Å². The van der Waals surface area contributed by atoms with Crippen LogP contribution in [0.15, 0.2) is 23.0 Å². The second kappa shape index (κ2) is 5.19. The molecule has 1 aliphatic rings. The van der Waals surface area contributed by atoms with Gasteiger partial charge in [-0.15, -0.1) is 9.94 Å². The van der Waals surface area contributed by atoms with Crippen molar-refractivity contribution < 1.29 is 19.3 Å². The lowest BCUT2D eigenvalue weighted by Crippen LogP contribution is -2.50. The highest BCUT2D eigenvalue weighted by molar-refractivity contribution is 5.77. The first-order valence-electron chi connectivity index (χ1n) is 6.82. The van der Waals surface area contributed by atoms with E-state index in [0.717, 1.165) is 0 Å². The van der Waals surface area contributed by atoms with E-state index in [1.807, 2.05) is 0 Å². The number of aromatic nitrogens is 4. The summed E-state index contributed by atoms with van der Waals surface area (Å²) in [6.45, 7) is 1.76. The molecular formula is C13H16N4O4. The Kier molecular flexibility index (Phi) is 3.36. The molecule has 0 spiro atoms. The number of nitrogens with zero attached hydrogens (tertiary/aromatic N) is 4. The Balaban J connectivity index is 1.72. The molecule has 0 aliphatic heterocycles. The van der Waals surface area contributed by atoms with Gasteiger partial charge in [-0.1, -0.05) is 5.16 Å². The van der Waals surface area contributed by atoms with Gasteiger partial charge in [-0.2, -0.15) is 4.98 Å². The molecule has 0 atom stereocenters. The Morgan fingerprint density at radius 2 is 2.29 bits per heavy atom. The number of hydrogen-bond acceptors (Lipinski definition) is 6. The molecule has 1 saturated carbocycles. The largest absolute Gasteiger partial charge is 0.478 e. The molecule has 2 heterocycles. The fourth-order valence-electron chi connectivity index (χ4n) is 2.64. The summed E-state index contributed by atoms with van der Waals surface area (Å²) >= 11 is 0. The molecule has 0 radical (unpaired) electrons. The standard InChI is InChI=1S/C13H16N4O4/c1-9-15-11(20-16-9)10-3-5-13(6-4-10,12(18)19)21-17-8-2-7-14-17/h2,7-8,10H,3-6H2,1H3,(H,18,19). The summed E-state index contributed by atoms with van der Waals surface area (Å²) in [5, 5.41) is 17.2. The molecule has 1 fully saturated rings. The Morgan fingerprint density at radius 1 is 1.52 bits per heavy atom. The zero-order chi connectivity index (χ0) is 14.9. The maximum atomic E-state index is 11.6. The summed E-state index contributed by atoms with van der Waals surface area (Å²) in [6.07, 6.45) is 5.10. The molecule has 8 heteroatoms. The molecule has 0 bridgehead atoms. The van der Waals surface area contributed by atoms with Crippen LogP contribution in [0.3, 0.4) is 0 Å². The Hall–Kier alpha value is -2.38. The van der Waals surface area contributed by atoms with E-state index >= 15 is 0 Å². The normalized spacial score (nSPS) is 25.7. The van der Waals surface area contributed by atoms with Crippen LogP contribution in [-0.2, 0) is 4.79 Å². The van der Waals surface area contributed by atoms with Gasteiger partial charge in [-0.05, 0) is 25.8 Å². The maximum absolute atomic E-state index is 11.6. The highest BCUT2D eigenvalue weighted by atomic mass is 16.7. The van der Waals surface area contributed by atoms with Crippen molar-refractivity contribution in [3.05, 3.63) is 30.2 Å². The minimum atomic E-state index is -1.25. The Bertz CT molecular complexity index is 614. The fourth-order valence-corrected chi connectivity index (χ4v) is 2.64. The lowest BCUT2D eigenvalue weighted by Gasteiger charge is -2.34. The summed E-state index contributed by atoms with van der Waals surface area (Å²) in [5.41, 5.74) is -1.25. The molecule has 1 aliphatic carbocycles. The van der Waals surface area contributed by atoms with E-state index in [1.165, 1.54) is 4.85 Å². The predicted octanol–water partition coefficient (Wildman–Crippen LogP) is 1.18. The quantitative estimate of drug-likeness (QED) is 0.902. The van der Waals surface area contributed by atoms with E-state index in [1.54, 1.807) is 25.4 Å². The number of hydrogen-bond donors (Lipinski definition) is 1. The third-order valence-electron chi connectivity index (χ3n) is 3.82. The third kappa shape index (κ3) is 2.61. The van der Waals surface area contributed by atoms with Gasteiger partial charge in [-0.25, -0.2) is 4.79 Å². The minimum Gasteiger partial charge on any atom is -0.478 e. The van der Waals surface area contributed by atoms with Crippen LogP contribution in [0.2, 0.25) is 0 Å². The number of carboxylic acid groups (broad SMARTS) is 1. The molecule has 0 saturated heterocycles. The third-order valence-corrected chi connectivity index (χ3v) is 3.82. The van der Waals surface area contributed by atoms with Crippen molar-refractivity contribution in [2.45, 2.75) is 44.1 Å². The molecule has 112 valence electrons. The van der Waals surface area contributed by atoms with Crippen molar-refractivity contribution in [1.82, 2.24) is 20.1 Å². The van der Waals surface area contributed by atoms with Crippen molar-refractivity contribution in [3.8, 4) is 0 Å². The first-order chi connectivity index (χ1) is 10.1. The van der Waals surface area contributed by atoms with Gasteiger partial charge < -0.3 is 14.5 Å². The van der Waals surface area contributed by atoms with Gasteiger partial charge in [0.25, 0.3) is 0 Å². The highest BCUT2D eigenvalue weighted by Gasteiger charge is 2.46. The average Bonchev–Trinajstić information content (AvgIpc) is 3.11. The number of carbonyl (C=O) groups is 1. The van der Waals surface area contributed by atoms with Crippen LogP contribution in [0.5, 0.6) is 0 Å². The fraction of sp³-hybridized carbons (Fsp3) is 0.538. The van der Waals surface area contributed by atoms with E-state index < -0.39 is 11.6 Å². The van der Waals surface area contributed by atoms with E-state index in [-0.39, 0.29) is 5.92 Å². The van der Waals surface area contributed by atoms with E-state index in [0.29, 0.717) is 37.4 Å². The van der Waals surface area contributed by atoms with Gasteiger partial charge in [0.15, 0.2) is 5.82 Å². The van der Waals surface area contributed by atoms with Gasteiger partial charge >= 0.3 is 5.97 Å². The second-order valence-electron chi connectivity index (χ2n) is 5.25. The average molecular weight is 292 g/mol. The Labute approximate surface area is 120 Å². The molecule has 1 N–H and O–H groups in total. The van der Waals surface area contributed by atoms with Crippen molar-refractivity contribution in [2.75, 3.05) is 0 Å². The molecule has 0 aromatic carbocycles. The van der Waals surface area contributed by atoms with Gasteiger partial charge in [0.1, 0.15) is 0 Å². The molecule has 0 amide bonds. The van der Waals surface area contributed by atoms with Crippen LogP contribution in [0.25, 0.3) is 0 Å². The number of aryl methyl sites for hydroxylation is 1. The topological polar surface area (TPSA) is 103 Å². The number of rotatable bonds is 4. The first-order valence-corrected chi connectivity index (χ1v) is 6.82. The zero-order valence-corrected chi connectivity index (χ0v) is 11.6. The van der Waals surface area contributed by atoms with Gasteiger partial charge in [0, 0.05) is 18.8 Å². The highest BCUT2D eigenvalue weighted by Crippen LogP contribution is 2.38. The van der Waals surface area contributed by atoms with Crippen molar-refractivity contribution in [1.29, 1.82) is 0 Å².